The number of fused-ring (bicyclic) bond motifs is 1. The van der Waals surface area contributed by atoms with Crippen molar-refractivity contribution in [3.8, 4) is 5.75 Å². The van der Waals surface area contributed by atoms with E-state index in [0.717, 1.165) is 15.4 Å². The van der Waals surface area contributed by atoms with Gasteiger partial charge in [0.25, 0.3) is 0 Å². The van der Waals surface area contributed by atoms with E-state index in [9.17, 15) is 0 Å². The third-order valence-corrected chi connectivity index (χ3v) is 24.7. The van der Waals surface area contributed by atoms with Gasteiger partial charge >= 0.3 is 243 Å². The predicted octanol–water partition coefficient (Wildman–Crippen LogP) is 6.70. The van der Waals surface area contributed by atoms with Gasteiger partial charge in [-0.25, -0.2) is 0 Å². The Morgan fingerprint density at radius 1 is 1.03 bits per heavy atom. The molecule has 0 spiro atoms. The van der Waals surface area contributed by atoms with Crippen molar-refractivity contribution in [3.05, 3.63) is 65.6 Å². The molecule has 1 aromatic heterocycles. The van der Waals surface area contributed by atoms with Crippen LogP contribution in [0.5, 0.6) is 5.75 Å². The molecule has 9 heteroatoms. The number of benzene rings is 2. The maximum atomic E-state index is 5.30. The third-order valence-electron chi connectivity index (χ3n) is 6.63. The summed E-state index contributed by atoms with van der Waals surface area (Å²) in [7, 11) is 6.12. The molecule has 2 heterocycles. The molecule has 1 fully saturated rings. The number of anilines is 3. The van der Waals surface area contributed by atoms with Crippen molar-refractivity contribution in [2.75, 3.05) is 31.8 Å². The summed E-state index contributed by atoms with van der Waals surface area (Å²) in [5, 5.41) is 7.37. The molecule has 0 unspecified atom stereocenters. The molecule has 192 valence electrons. The first-order valence-electron chi connectivity index (χ1n) is 11.9. The number of aromatic nitrogens is 2. The number of ether oxygens (including phenoxy) is 1. The number of para-hydroxylation sites is 1. The molecule has 2 aliphatic rings. The summed E-state index contributed by atoms with van der Waals surface area (Å²) in [6, 6.07) is 17.2. The van der Waals surface area contributed by atoms with Gasteiger partial charge in [-0.05, 0) is 0 Å². The van der Waals surface area contributed by atoms with E-state index in [2.05, 4.69) is 82.7 Å². The summed E-state index contributed by atoms with van der Waals surface area (Å²) < 4.78 is 16.3. The second-order valence-corrected chi connectivity index (χ2v) is 22.3. The quantitative estimate of drug-likeness (QED) is 0.120. The molecule has 2 N–H and O–H groups in total. The molecule has 1 aliphatic carbocycles. The van der Waals surface area contributed by atoms with E-state index >= 15 is 0 Å². The number of nitrogens with zero attached hydrogens (tertiary/aromatic N) is 3. The second-order valence-electron chi connectivity index (χ2n) is 9.09. The summed E-state index contributed by atoms with van der Waals surface area (Å²) in [6.07, 6.45) is 7.17. The molecule has 0 radical (unpaired) electrons. The zero-order valence-electron chi connectivity index (χ0n) is 20.8. The van der Waals surface area contributed by atoms with E-state index in [0.29, 0.717) is 12.0 Å². The summed E-state index contributed by atoms with van der Waals surface area (Å²) in [5.41, 5.74) is 2.17. The molecule has 0 atom stereocenters. The zero-order valence-corrected chi connectivity index (χ0v) is 27.2. The van der Waals surface area contributed by atoms with Gasteiger partial charge in [-0.1, -0.05) is 0 Å². The Balaban J connectivity index is 1.48. The Morgan fingerprint density at radius 3 is 2.42 bits per heavy atom. The summed E-state index contributed by atoms with van der Waals surface area (Å²) in [4.78, 5) is 12.3. The van der Waals surface area contributed by atoms with Crippen molar-refractivity contribution >= 4 is 84.8 Å². The number of hydrogen-bond acceptors (Lipinski definition) is 6. The van der Waals surface area contributed by atoms with Gasteiger partial charge in [0.1, 0.15) is 0 Å². The molecule has 3 aromatic rings. The van der Waals surface area contributed by atoms with Crippen LogP contribution in [-0.2, 0) is 0 Å². The minimum absolute atomic E-state index is 0.683. The average Bonchev–Trinajstić information content (AvgIpc) is 3.16. The molecule has 6 nitrogen and oxygen atoms in total. The van der Waals surface area contributed by atoms with Crippen molar-refractivity contribution in [1.82, 2.24) is 14.9 Å². The van der Waals surface area contributed by atoms with Gasteiger partial charge in [-0.15, -0.1) is 0 Å². The molecule has 0 amide bonds. The number of methoxy groups -OCH3 is 1. The predicted molar refractivity (Wildman–Crippen MR) is 178 cm³/mol. The molecule has 2 aromatic carbocycles. The van der Waals surface area contributed by atoms with E-state index in [1.54, 1.807) is 8.75 Å². The van der Waals surface area contributed by atoms with Gasteiger partial charge in [0.2, 0.25) is 0 Å². The van der Waals surface area contributed by atoms with Crippen LogP contribution < -0.4 is 15.4 Å². The van der Waals surface area contributed by atoms with Crippen molar-refractivity contribution in [1.29, 1.82) is 0 Å². The van der Waals surface area contributed by atoms with Gasteiger partial charge in [-0.2, -0.15) is 0 Å². The normalized spacial score (nSPS) is 20.9. The summed E-state index contributed by atoms with van der Waals surface area (Å²) >= 11 is -1.16. The molecule has 0 saturated heterocycles. The molecular weight excluding hydrogens is 791 g/mol. The minimum atomic E-state index is -1.80. The van der Waals surface area contributed by atoms with Crippen LogP contribution in [0, 0.1) is 10.8 Å². The van der Waals surface area contributed by atoms with Gasteiger partial charge in [0.05, 0.1) is 0 Å². The number of nitrogens with one attached hydrogen (secondary N) is 2. The molecule has 36 heavy (non-hydrogen) atoms. The Labute approximate surface area is 240 Å². The van der Waals surface area contributed by atoms with E-state index in [4.69, 9.17) is 19.2 Å². The molecule has 1 aliphatic heterocycles. The zero-order chi connectivity index (χ0) is 25.2. The van der Waals surface area contributed by atoms with E-state index in [-0.39, 0.29) is 0 Å². The van der Waals surface area contributed by atoms with Gasteiger partial charge in [-0.3, -0.25) is 0 Å². The van der Waals surface area contributed by atoms with Crippen molar-refractivity contribution < 1.29 is 4.74 Å². The van der Waals surface area contributed by atoms with Crippen molar-refractivity contribution in [3.63, 3.8) is 0 Å². The average molecular weight is 823 g/mol. The molecular formula is C27H32I3N5O. The topological polar surface area (TPSA) is 62.3 Å². The van der Waals surface area contributed by atoms with Crippen LogP contribution in [0.1, 0.15) is 25.7 Å². The van der Waals surface area contributed by atoms with Gasteiger partial charge in [0.15, 0.2) is 0 Å². The summed E-state index contributed by atoms with van der Waals surface area (Å²) in [5.74, 6) is 1.52. The van der Waals surface area contributed by atoms with Crippen LogP contribution in [0.3, 0.4) is 0 Å². The van der Waals surface area contributed by atoms with Crippen LogP contribution in [0.25, 0.3) is 0 Å². The fourth-order valence-electron chi connectivity index (χ4n) is 4.59. The van der Waals surface area contributed by atoms with Crippen LogP contribution in [0.4, 0.5) is 17.3 Å². The van der Waals surface area contributed by atoms with Crippen LogP contribution in [0.15, 0.2) is 54.7 Å². The van der Waals surface area contributed by atoms with Crippen LogP contribution in [-0.4, -0.2) is 52.2 Å². The van der Waals surface area contributed by atoms with Crippen molar-refractivity contribution in [2.45, 2.75) is 35.6 Å². The van der Waals surface area contributed by atoms with Gasteiger partial charge in [0, 0.05) is 0 Å². The second kappa shape index (κ2) is 11.7. The Hall–Kier alpha value is -1.19. The van der Waals surface area contributed by atoms with E-state index < -0.39 is 38.7 Å². The molecule has 0 bridgehead atoms. The van der Waals surface area contributed by atoms with Crippen LogP contribution in [0.2, 0.25) is 0 Å². The SMILES string of the molecule is C=I1=C(Nc2ccccc2I)I(C2CCC(N(C)C)CC2)c2nc(Nc3ccc(OC)cc3)ncc21. The monoisotopic (exact) mass is 823 g/mol. The Bertz CT molecular complexity index is 1310. The van der Waals surface area contributed by atoms with Gasteiger partial charge < -0.3 is 0 Å². The number of hydrogen-bond donors (Lipinski definition) is 2. The number of alkyl halides is 1. The standard InChI is InChI=1S/C27H32I3N5O/c1-29-23-17-31-27(32-19-11-15-21(36-4)16-12-19)34-25(23)30(18-9-13-20(14-10-18)35(2)3)26(29)33-24-8-6-5-7-22(24)28/h5-8,11-12,15-18,20,33H,1,9-10,13-14H2,2-4H3,(H,31,32,34). The van der Waals surface area contributed by atoms with Crippen LogP contribution >= 0.6 is 61.3 Å². The first-order valence-corrected chi connectivity index (χ1v) is 20.1. The molecule has 5 rings (SSSR count). The fraction of sp³-hybridized carbons (Fsp3) is 0.333. The fourth-order valence-corrected chi connectivity index (χ4v) is 25.4. The first-order chi connectivity index (χ1) is 17.4. The van der Waals surface area contributed by atoms with E-state index in [1.807, 2.05) is 24.3 Å². The summed E-state index contributed by atoms with van der Waals surface area (Å²) in [6.45, 7) is 0. The molecule has 1 saturated carbocycles. The Morgan fingerprint density at radius 2 is 1.75 bits per heavy atom. The number of rotatable bonds is 7. The van der Waals surface area contributed by atoms with Crippen molar-refractivity contribution in [2.24, 2.45) is 0 Å². The Kier molecular flexibility index (Phi) is 8.58. The maximum absolute atomic E-state index is 5.30. The first kappa shape index (κ1) is 26.4. The third kappa shape index (κ3) is 5.63. The number of halogens is 3. The van der Waals surface area contributed by atoms with E-state index in [1.165, 1.54) is 42.2 Å².